The Bertz CT molecular complexity index is 434. The second-order valence-corrected chi connectivity index (χ2v) is 3.87. The number of anilines is 1. The molecule has 0 aliphatic carbocycles. The molecule has 0 aromatic heterocycles. The first-order chi connectivity index (χ1) is 8.51. The van der Waals surface area contributed by atoms with E-state index >= 15 is 0 Å². The number of rotatable bonds is 2. The Labute approximate surface area is 104 Å². The molecule has 0 spiro atoms. The Morgan fingerprint density at radius 1 is 1.00 bits per heavy atom. The third-order valence-electron chi connectivity index (χ3n) is 2.24. The van der Waals surface area contributed by atoms with E-state index < -0.39 is 24.2 Å². The monoisotopic (exact) mass is 285 g/mol. The Balaban J connectivity index is 2.93. The molecule has 106 valence electrons. The van der Waals surface area contributed by atoms with E-state index in [1.807, 2.05) is 0 Å². The zero-order valence-corrected chi connectivity index (χ0v) is 9.56. The van der Waals surface area contributed by atoms with Crippen molar-refractivity contribution in [2.45, 2.75) is 19.3 Å². The molecule has 0 aliphatic rings. The van der Waals surface area contributed by atoms with Gasteiger partial charge in [0, 0.05) is 5.69 Å². The number of carbonyl (C=O) groups is 1. The maximum atomic E-state index is 12.3. The molecule has 0 bridgehead atoms. The van der Waals surface area contributed by atoms with E-state index in [4.69, 9.17) is 0 Å². The lowest BCUT2D eigenvalue weighted by Gasteiger charge is -2.22. The molecule has 0 heterocycles. The van der Waals surface area contributed by atoms with Gasteiger partial charge in [0.15, 0.2) is 0 Å². The highest BCUT2D eigenvalue weighted by atomic mass is 19.4. The molecule has 0 radical (unpaired) electrons. The van der Waals surface area contributed by atoms with Crippen LogP contribution in [-0.2, 0) is 4.79 Å². The molecule has 1 N–H and O–H groups in total. The van der Waals surface area contributed by atoms with E-state index in [1.165, 1.54) is 24.3 Å². The summed E-state index contributed by atoms with van der Waals surface area (Å²) in [6, 6.07) is 5.34. The van der Waals surface area contributed by atoms with Crippen molar-refractivity contribution in [2.24, 2.45) is 5.92 Å². The number of alkyl halides is 6. The zero-order chi connectivity index (χ0) is 14.8. The number of aryl methyl sites for hydroxylation is 1. The van der Waals surface area contributed by atoms with Crippen molar-refractivity contribution < 1.29 is 31.1 Å². The highest BCUT2D eigenvalue weighted by Gasteiger charge is 2.61. The first kappa shape index (κ1) is 15.3. The highest BCUT2D eigenvalue weighted by Crippen LogP contribution is 2.39. The lowest BCUT2D eigenvalue weighted by molar-refractivity contribution is -0.272. The summed E-state index contributed by atoms with van der Waals surface area (Å²) in [5.74, 6) is -6.19. The molecule has 1 amide bonds. The molecule has 1 aromatic carbocycles. The lowest BCUT2D eigenvalue weighted by atomic mass is 10.1. The lowest BCUT2D eigenvalue weighted by Crippen LogP contribution is -2.45. The molecule has 0 atom stereocenters. The van der Waals surface area contributed by atoms with Crippen molar-refractivity contribution in [1.82, 2.24) is 0 Å². The van der Waals surface area contributed by atoms with Crippen LogP contribution in [0.2, 0.25) is 0 Å². The van der Waals surface area contributed by atoms with Crippen molar-refractivity contribution in [3.8, 4) is 0 Å². The molecule has 1 rings (SSSR count). The number of carbonyl (C=O) groups excluding carboxylic acids is 1. The Morgan fingerprint density at radius 2 is 1.42 bits per heavy atom. The molecule has 2 nitrogen and oxygen atoms in total. The van der Waals surface area contributed by atoms with Crippen molar-refractivity contribution in [3.05, 3.63) is 29.8 Å². The quantitative estimate of drug-likeness (QED) is 0.825. The highest BCUT2D eigenvalue weighted by molar-refractivity contribution is 5.93. The molecule has 19 heavy (non-hydrogen) atoms. The van der Waals surface area contributed by atoms with Crippen LogP contribution in [0.1, 0.15) is 5.56 Å². The van der Waals surface area contributed by atoms with Gasteiger partial charge in [0.25, 0.3) is 0 Å². The summed E-state index contributed by atoms with van der Waals surface area (Å²) in [6.07, 6.45) is -11.4. The van der Waals surface area contributed by atoms with Gasteiger partial charge in [-0.3, -0.25) is 4.79 Å². The minimum atomic E-state index is -5.69. The minimum absolute atomic E-state index is 0.130. The van der Waals surface area contributed by atoms with E-state index in [-0.39, 0.29) is 5.69 Å². The fourth-order valence-electron chi connectivity index (χ4n) is 1.33. The van der Waals surface area contributed by atoms with Crippen LogP contribution in [0.15, 0.2) is 24.3 Å². The van der Waals surface area contributed by atoms with Crippen molar-refractivity contribution >= 4 is 11.6 Å². The summed E-state index contributed by atoms with van der Waals surface area (Å²) in [6.45, 7) is 1.68. The molecule has 0 saturated carbocycles. The van der Waals surface area contributed by atoms with Gasteiger partial charge < -0.3 is 5.32 Å². The SMILES string of the molecule is Cc1ccc(NC(=O)C(C(F)(F)F)C(F)(F)F)cc1. The second kappa shape index (κ2) is 5.10. The standard InChI is InChI=1S/C11H9F6NO/c1-6-2-4-7(5-3-6)18-9(19)8(10(12,13)14)11(15,16)17/h2-5,8H,1H3,(H,18,19). The van der Waals surface area contributed by atoms with Gasteiger partial charge in [-0.2, -0.15) is 26.3 Å². The van der Waals surface area contributed by atoms with E-state index in [0.29, 0.717) is 0 Å². The van der Waals surface area contributed by atoms with Crippen molar-refractivity contribution in [3.63, 3.8) is 0 Å². The zero-order valence-electron chi connectivity index (χ0n) is 9.56. The average molecular weight is 285 g/mol. The molecule has 8 heteroatoms. The first-order valence-electron chi connectivity index (χ1n) is 5.03. The fourth-order valence-corrected chi connectivity index (χ4v) is 1.33. The summed E-state index contributed by atoms with van der Waals surface area (Å²) in [4.78, 5) is 11.1. The third kappa shape index (κ3) is 4.15. The largest absolute Gasteiger partial charge is 0.409 e. The number of nitrogens with one attached hydrogen (secondary N) is 1. The third-order valence-corrected chi connectivity index (χ3v) is 2.24. The van der Waals surface area contributed by atoms with Gasteiger partial charge in [0.05, 0.1) is 0 Å². The predicted molar refractivity (Wildman–Crippen MR) is 55.4 cm³/mol. The predicted octanol–water partition coefficient (Wildman–Crippen LogP) is 3.67. The topological polar surface area (TPSA) is 29.1 Å². The molecule has 0 aliphatic heterocycles. The Morgan fingerprint density at radius 3 is 1.79 bits per heavy atom. The summed E-state index contributed by atoms with van der Waals surface area (Å²) in [7, 11) is 0. The summed E-state index contributed by atoms with van der Waals surface area (Å²) in [5, 5.41) is 1.60. The summed E-state index contributed by atoms with van der Waals surface area (Å²) < 4.78 is 73.5. The molecule has 0 saturated heterocycles. The summed E-state index contributed by atoms with van der Waals surface area (Å²) in [5.41, 5.74) is 0.621. The van der Waals surface area contributed by atoms with E-state index in [1.54, 1.807) is 12.2 Å². The van der Waals surface area contributed by atoms with Crippen molar-refractivity contribution in [1.29, 1.82) is 0 Å². The maximum absolute atomic E-state index is 12.3. The van der Waals surface area contributed by atoms with Gasteiger partial charge in [-0.25, -0.2) is 0 Å². The minimum Gasteiger partial charge on any atom is -0.325 e. The maximum Gasteiger partial charge on any atom is 0.409 e. The van der Waals surface area contributed by atoms with Crippen LogP contribution in [0.5, 0.6) is 0 Å². The van der Waals surface area contributed by atoms with Gasteiger partial charge in [-0.15, -0.1) is 0 Å². The Hall–Kier alpha value is -1.73. The van der Waals surface area contributed by atoms with Crippen molar-refractivity contribution in [2.75, 3.05) is 5.32 Å². The fraction of sp³-hybridized carbons (Fsp3) is 0.364. The second-order valence-electron chi connectivity index (χ2n) is 3.87. The number of hydrogen-bond donors (Lipinski definition) is 1. The molecule has 1 aromatic rings. The van der Waals surface area contributed by atoms with Crippen LogP contribution in [0, 0.1) is 12.8 Å². The van der Waals surface area contributed by atoms with E-state index in [9.17, 15) is 31.1 Å². The van der Waals surface area contributed by atoms with Gasteiger partial charge in [0.2, 0.25) is 11.8 Å². The molecule has 0 unspecified atom stereocenters. The normalized spacial score (nSPS) is 12.6. The van der Waals surface area contributed by atoms with Crippen LogP contribution in [0.25, 0.3) is 0 Å². The smallest absolute Gasteiger partial charge is 0.325 e. The van der Waals surface area contributed by atoms with Crippen LogP contribution in [0.3, 0.4) is 0 Å². The van der Waals surface area contributed by atoms with Crippen LogP contribution < -0.4 is 5.32 Å². The Kier molecular flexibility index (Phi) is 4.12. The van der Waals surface area contributed by atoms with Crippen LogP contribution >= 0.6 is 0 Å². The number of amides is 1. The molecule has 0 fully saturated rings. The molecular formula is C11H9F6NO. The molecular weight excluding hydrogens is 276 g/mol. The van der Waals surface area contributed by atoms with Gasteiger partial charge in [0.1, 0.15) is 0 Å². The number of benzene rings is 1. The first-order valence-corrected chi connectivity index (χ1v) is 5.03. The summed E-state index contributed by atoms with van der Waals surface area (Å²) >= 11 is 0. The number of hydrogen-bond acceptors (Lipinski definition) is 1. The van der Waals surface area contributed by atoms with E-state index in [2.05, 4.69) is 0 Å². The van der Waals surface area contributed by atoms with E-state index in [0.717, 1.165) is 5.56 Å². The van der Waals surface area contributed by atoms with Crippen LogP contribution in [0.4, 0.5) is 32.0 Å². The number of halogens is 6. The van der Waals surface area contributed by atoms with Gasteiger partial charge >= 0.3 is 12.4 Å². The average Bonchev–Trinajstić information content (AvgIpc) is 2.16. The van der Waals surface area contributed by atoms with Gasteiger partial charge in [-0.05, 0) is 19.1 Å². The van der Waals surface area contributed by atoms with Crippen LogP contribution in [-0.4, -0.2) is 18.3 Å². The van der Waals surface area contributed by atoms with Gasteiger partial charge in [-0.1, -0.05) is 17.7 Å².